The highest BCUT2D eigenvalue weighted by Crippen LogP contribution is 2.19. The molecule has 1 aromatic heterocycles. The van der Waals surface area contributed by atoms with E-state index >= 15 is 0 Å². The van der Waals surface area contributed by atoms with Gasteiger partial charge >= 0.3 is 0 Å². The van der Waals surface area contributed by atoms with Gasteiger partial charge in [-0.1, -0.05) is 30.3 Å². The summed E-state index contributed by atoms with van der Waals surface area (Å²) in [6.45, 7) is 3.53. The van der Waals surface area contributed by atoms with E-state index in [1.165, 1.54) is 0 Å². The van der Waals surface area contributed by atoms with E-state index in [2.05, 4.69) is 20.8 Å². The molecular weight excluding hydrogens is 308 g/mol. The van der Waals surface area contributed by atoms with Gasteiger partial charge in [-0.2, -0.15) is 0 Å². The summed E-state index contributed by atoms with van der Waals surface area (Å²) in [4.78, 5) is 26.1. The van der Waals surface area contributed by atoms with Crippen LogP contribution in [0.5, 0.6) is 0 Å². The van der Waals surface area contributed by atoms with Crippen LogP contribution in [-0.4, -0.2) is 41.7 Å². The topological polar surface area (TPSA) is 85.4 Å². The van der Waals surface area contributed by atoms with Crippen molar-refractivity contribution in [2.24, 2.45) is 0 Å². The van der Waals surface area contributed by atoms with E-state index < -0.39 is 5.91 Å². The normalized spacial score (nSPS) is 16.8. The minimum absolute atomic E-state index is 0.186. The predicted molar refractivity (Wildman–Crippen MR) is 89.4 cm³/mol. The van der Waals surface area contributed by atoms with E-state index in [4.69, 9.17) is 9.57 Å². The van der Waals surface area contributed by atoms with Crippen molar-refractivity contribution in [2.45, 2.75) is 19.4 Å². The fraction of sp³-hybridized carbons (Fsp3) is 0.353. The third-order valence-electron chi connectivity index (χ3n) is 3.58. The Morgan fingerprint density at radius 2 is 2.17 bits per heavy atom. The molecule has 0 saturated carbocycles. The van der Waals surface area contributed by atoms with Gasteiger partial charge in [0.25, 0.3) is 5.91 Å². The van der Waals surface area contributed by atoms with Crippen molar-refractivity contribution in [1.29, 1.82) is 0 Å². The van der Waals surface area contributed by atoms with E-state index in [-0.39, 0.29) is 11.7 Å². The number of carbonyl (C=O) groups is 1. The lowest BCUT2D eigenvalue weighted by Crippen LogP contribution is -2.26. The molecule has 1 fully saturated rings. The zero-order valence-corrected chi connectivity index (χ0v) is 13.5. The number of amides is 1. The number of aromatic nitrogens is 2. The van der Waals surface area contributed by atoms with E-state index in [0.29, 0.717) is 24.9 Å². The van der Waals surface area contributed by atoms with Crippen molar-refractivity contribution in [1.82, 2.24) is 15.4 Å². The average Bonchev–Trinajstić information content (AvgIpc) is 3.13. The molecule has 1 aliphatic rings. The van der Waals surface area contributed by atoms with E-state index in [1.54, 1.807) is 13.0 Å². The van der Waals surface area contributed by atoms with Crippen molar-refractivity contribution in [3.05, 3.63) is 42.1 Å². The molecule has 0 bridgehead atoms. The Kier molecular flexibility index (Phi) is 5.35. The van der Waals surface area contributed by atoms with Crippen molar-refractivity contribution in [3.8, 4) is 11.4 Å². The Morgan fingerprint density at radius 1 is 1.33 bits per heavy atom. The van der Waals surface area contributed by atoms with E-state index in [9.17, 15) is 4.79 Å². The monoisotopic (exact) mass is 328 g/mol. The number of rotatable bonds is 6. The lowest BCUT2D eigenvalue weighted by atomic mass is 10.2. The zero-order valence-electron chi connectivity index (χ0n) is 13.5. The lowest BCUT2D eigenvalue weighted by Gasteiger charge is -2.13. The molecule has 0 unspecified atom stereocenters. The number of anilines is 1. The molecule has 1 amide bonds. The Labute approximate surface area is 140 Å². The van der Waals surface area contributed by atoms with Gasteiger partial charge in [-0.05, 0) is 13.3 Å². The van der Waals surface area contributed by atoms with E-state index in [0.717, 1.165) is 18.6 Å². The summed E-state index contributed by atoms with van der Waals surface area (Å²) in [6, 6.07) is 11.4. The van der Waals surface area contributed by atoms with Crippen LogP contribution in [0, 0.1) is 0 Å². The molecule has 7 heteroatoms. The second-order valence-electron chi connectivity index (χ2n) is 5.40. The molecule has 0 spiro atoms. The Balaban J connectivity index is 1.90. The summed E-state index contributed by atoms with van der Waals surface area (Å²) in [5, 5.41) is 3.31. The van der Waals surface area contributed by atoms with Crippen LogP contribution in [0.4, 0.5) is 5.82 Å². The quantitative estimate of drug-likeness (QED) is 0.789. The smallest absolute Gasteiger partial charge is 0.293 e. The Morgan fingerprint density at radius 3 is 2.88 bits per heavy atom. The molecule has 7 nitrogen and oxygen atoms in total. The highest BCUT2D eigenvalue weighted by molar-refractivity contribution is 5.92. The standard InChI is InChI=1S/C17H20N4O3/c1-2-24-21-17(22)14-10-15(18-13-8-9-23-11-13)20-16(19-14)12-6-4-3-5-7-12/h3-7,10,13H,2,8-9,11H2,1H3,(H,21,22)(H,18,19,20)/t13-/m1/s1. The number of nitrogens with one attached hydrogen (secondary N) is 2. The van der Waals surface area contributed by atoms with Crippen molar-refractivity contribution >= 4 is 11.7 Å². The van der Waals surface area contributed by atoms with Gasteiger partial charge in [0.05, 0.1) is 19.3 Å². The summed E-state index contributed by atoms with van der Waals surface area (Å²) in [5.74, 6) is 0.685. The lowest BCUT2D eigenvalue weighted by molar-refractivity contribution is 0.0360. The van der Waals surface area contributed by atoms with Crippen LogP contribution < -0.4 is 10.8 Å². The van der Waals surface area contributed by atoms with Gasteiger partial charge in [-0.15, -0.1) is 0 Å². The fourth-order valence-electron chi connectivity index (χ4n) is 2.40. The molecular formula is C17H20N4O3. The molecule has 2 N–H and O–H groups in total. The van der Waals surface area contributed by atoms with Crippen LogP contribution in [0.1, 0.15) is 23.8 Å². The number of carbonyl (C=O) groups excluding carboxylic acids is 1. The maximum atomic E-state index is 12.2. The van der Waals surface area contributed by atoms with Crippen molar-refractivity contribution < 1.29 is 14.4 Å². The molecule has 2 aromatic rings. The van der Waals surface area contributed by atoms with Crippen LogP contribution in [0.25, 0.3) is 11.4 Å². The molecule has 24 heavy (non-hydrogen) atoms. The van der Waals surface area contributed by atoms with E-state index in [1.807, 2.05) is 30.3 Å². The zero-order chi connectivity index (χ0) is 16.8. The number of hydroxylamine groups is 1. The second-order valence-corrected chi connectivity index (χ2v) is 5.40. The largest absolute Gasteiger partial charge is 0.379 e. The number of ether oxygens (including phenoxy) is 1. The summed E-state index contributed by atoms with van der Waals surface area (Å²) >= 11 is 0. The molecule has 0 radical (unpaired) electrons. The van der Waals surface area contributed by atoms with Crippen LogP contribution in [0.3, 0.4) is 0 Å². The molecule has 1 aliphatic heterocycles. The summed E-state index contributed by atoms with van der Waals surface area (Å²) in [7, 11) is 0. The first-order chi connectivity index (χ1) is 11.8. The summed E-state index contributed by atoms with van der Waals surface area (Å²) in [6.07, 6.45) is 0.908. The fourth-order valence-corrected chi connectivity index (χ4v) is 2.40. The third kappa shape index (κ3) is 4.06. The van der Waals surface area contributed by atoms with Gasteiger partial charge in [0.15, 0.2) is 5.82 Å². The first-order valence-electron chi connectivity index (χ1n) is 7.97. The van der Waals surface area contributed by atoms with Crippen LogP contribution >= 0.6 is 0 Å². The molecule has 0 aliphatic carbocycles. The molecule has 1 aromatic carbocycles. The minimum Gasteiger partial charge on any atom is -0.379 e. The Bertz CT molecular complexity index is 687. The van der Waals surface area contributed by atoms with Gasteiger partial charge in [0, 0.05) is 18.2 Å². The molecule has 2 heterocycles. The van der Waals surface area contributed by atoms with Gasteiger partial charge < -0.3 is 10.1 Å². The maximum Gasteiger partial charge on any atom is 0.293 e. The van der Waals surface area contributed by atoms with Crippen LogP contribution in [-0.2, 0) is 9.57 Å². The summed E-state index contributed by atoms with van der Waals surface area (Å²) < 4.78 is 5.37. The first kappa shape index (κ1) is 16.4. The average molecular weight is 328 g/mol. The van der Waals surface area contributed by atoms with Crippen LogP contribution in [0.2, 0.25) is 0 Å². The number of hydrogen-bond donors (Lipinski definition) is 2. The number of nitrogens with zero attached hydrogens (tertiary/aromatic N) is 2. The van der Waals surface area contributed by atoms with Gasteiger partial charge in [-0.3, -0.25) is 9.63 Å². The molecule has 1 saturated heterocycles. The highest BCUT2D eigenvalue weighted by atomic mass is 16.6. The summed E-state index contributed by atoms with van der Waals surface area (Å²) in [5.41, 5.74) is 3.46. The van der Waals surface area contributed by atoms with Crippen molar-refractivity contribution in [2.75, 3.05) is 25.1 Å². The molecule has 126 valence electrons. The Hall–Kier alpha value is -2.51. The van der Waals surface area contributed by atoms with Crippen LogP contribution in [0.15, 0.2) is 36.4 Å². The first-order valence-corrected chi connectivity index (χ1v) is 7.97. The van der Waals surface area contributed by atoms with Gasteiger partial charge in [0.2, 0.25) is 0 Å². The number of hydrogen-bond acceptors (Lipinski definition) is 6. The van der Waals surface area contributed by atoms with Gasteiger partial charge in [-0.25, -0.2) is 15.4 Å². The van der Waals surface area contributed by atoms with Gasteiger partial charge in [0.1, 0.15) is 11.5 Å². The maximum absolute atomic E-state index is 12.2. The molecule has 3 rings (SSSR count). The predicted octanol–water partition coefficient (Wildman–Crippen LogP) is 2.03. The molecule has 1 atom stereocenters. The SMILES string of the molecule is CCONC(=O)c1cc(N[C@@H]2CCOC2)nc(-c2ccccc2)n1. The third-order valence-corrected chi connectivity index (χ3v) is 3.58. The second kappa shape index (κ2) is 7.85. The minimum atomic E-state index is -0.401. The van der Waals surface area contributed by atoms with Crippen molar-refractivity contribution in [3.63, 3.8) is 0 Å². The highest BCUT2D eigenvalue weighted by Gasteiger charge is 2.18. The number of benzene rings is 1.